The molecule has 1 atom stereocenters. The molecule has 156 valence electrons. The van der Waals surface area contributed by atoms with Crippen molar-refractivity contribution in [3.8, 4) is 0 Å². The SMILES string of the molecule is Cc1ccc([C@@H](NC(=O)CN(C)S(=O)(=O)c2ccccc2)c2ccccc2)c(C)c1. The van der Waals surface area contributed by atoms with Gasteiger partial charge in [-0.15, -0.1) is 0 Å². The van der Waals surface area contributed by atoms with Crippen molar-refractivity contribution in [2.75, 3.05) is 13.6 Å². The Kier molecular flexibility index (Phi) is 6.70. The summed E-state index contributed by atoms with van der Waals surface area (Å²) >= 11 is 0. The molecule has 0 aliphatic carbocycles. The van der Waals surface area contributed by atoms with Gasteiger partial charge in [0.15, 0.2) is 0 Å². The minimum absolute atomic E-state index is 0.161. The molecule has 0 saturated carbocycles. The zero-order valence-electron chi connectivity index (χ0n) is 17.4. The van der Waals surface area contributed by atoms with Crippen LogP contribution in [0.5, 0.6) is 0 Å². The Balaban J connectivity index is 1.83. The van der Waals surface area contributed by atoms with Crippen LogP contribution in [0.1, 0.15) is 28.3 Å². The molecule has 0 radical (unpaired) electrons. The average Bonchev–Trinajstić information content (AvgIpc) is 2.73. The maximum Gasteiger partial charge on any atom is 0.243 e. The molecule has 3 aromatic rings. The average molecular weight is 423 g/mol. The van der Waals surface area contributed by atoms with Crippen LogP contribution >= 0.6 is 0 Å². The van der Waals surface area contributed by atoms with Crippen LogP contribution < -0.4 is 5.32 Å². The second-order valence-electron chi connectivity index (χ2n) is 7.35. The lowest BCUT2D eigenvalue weighted by molar-refractivity contribution is -0.121. The highest BCUT2D eigenvalue weighted by Gasteiger charge is 2.25. The van der Waals surface area contributed by atoms with E-state index in [-0.39, 0.29) is 23.4 Å². The van der Waals surface area contributed by atoms with Gasteiger partial charge in [-0.25, -0.2) is 8.42 Å². The van der Waals surface area contributed by atoms with Gasteiger partial charge in [0.25, 0.3) is 0 Å². The number of carbonyl (C=O) groups is 1. The Bertz CT molecular complexity index is 1110. The molecule has 0 spiro atoms. The molecule has 3 rings (SSSR count). The van der Waals surface area contributed by atoms with Crippen molar-refractivity contribution in [3.05, 3.63) is 101 Å². The first-order valence-electron chi connectivity index (χ1n) is 9.72. The number of aryl methyl sites for hydroxylation is 2. The molecule has 6 heteroatoms. The monoisotopic (exact) mass is 422 g/mol. The van der Waals surface area contributed by atoms with E-state index in [4.69, 9.17) is 0 Å². The van der Waals surface area contributed by atoms with E-state index in [2.05, 4.69) is 11.4 Å². The molecule has 0 unspecified atom stereocenters. The Labute approximate surface area is 178 Å². The summed E-state index contributed by atoms with van der Waals surface area (Å²) in [5.41, 5.74) is 4.12. The second-order valence-corrected chi connectivity index (χ2v) is 9.39. The van der Waals surface area contributed by atoms with Crippen LogP contribution in [-0.2, 0) is 14.8 Å². The Morgan fingerprint density at radius 2 is 1.53 bits per heavy atom. The fourth-order valence-corrected chi connectivity index (χ4v) is 4.55. The summed E-state index contributed by atoms with van der Waals surface area (Å²) in [5, 5.41) is 3.02. The third-order valence-corrected chi connectivity index (χ3v) is 6.81. The topological polar surface area (TPSA) is 66.5 Å². The number of nitrogens with one attached hydrogen (secondary N) is 1. The van der Waals surface area contributed by atoms with Gasteiger partial charge in [-0.1, -0.05) is 72.3 Å². The first-order chi connectivity index (χ1) is 14.3. The van der Waals surface area contributed by atoms with Crippen molar-refractivity contribution in [2.24, 2.45) is 0 Å². The number of hydrogen-bond donors (Lipinski definition) is 1. The van der Waals surface area contributed by atoms with E-state index in [1.165, 1.54) is 19.2 Å². The number of carbonyl (C=O) groups excluding carboxylic acids is 1. The van der Waals surface area contributed by atoms with Crippen molar-refractivity contribution in [1.82, 2.24) is 9.62 Å². The lowest BCUT2D eigenvalue weighted by Crippen LogP contribution is -2.40. The van der Waals surface area contributed by atoms with Crippen LogP contribution in [-0.4, -0.2) is 32.2 Å². The second kappa shape index (κ2) is 9.24. The molecule has 30 heavy (non-hydrogen) atoms. The van der Waals surface area contributed by atoms with Gasteiger partial charge in [0.2, 0.25) is 15.9 Å². The largest absolute Gasteiger partial charge is 0.344 e. The fraction of sp³-hybridized carbons (Fsp3) is 0.208. The smallest absolute Gasteiger partial charge is 0.243 e. The van der Waals surface area contributed by atoms with Gasteiger partial charge in [0.05, 0.1) is 17.5 Å². The minimum Gasteiger partial charge on any atom is -0.344 e. The van der Waals surface area contributed by atoms with E-state index in [0.717, 1.165) is 26.6 Å². The molecule has 0 saturated heterocycles. The van der Waals surface area contributed by atoms with E-state index >= 15 is 0 Å². The van der Waals surface area contributed by atoms with Crippen LogP contribution in [0.25, 0.3) is 0 Å². The van der Waals surface area contributed by atoms with Crippen LogP contribution in [0.2, 0.25) is 0 Å². The molecule has 0 bridgehead atoms. The predicted molar refractivity (Wildman–Crippen MR) is 119 cm³/mol. The fourth-order valence-electron chi connectivity index (χ4n) is 3.40. The number of likely N-dealkylation sites (N-methyl/N-ethyl adjacent to an activating group) is 1. The normalized spacial score (nSPS) is 12.5. The van der Waals surface area contributed by atoms with E-state index < -0.39 is 10.0 Å². The molecule has 5 nitrogen and oxygen atoms in total. The number of sulfonamides is 1. The van der Waals surface area contributed by atoms with Gasteiger partial charge in [-0.2, -0.15) is 4.31 Å². The molecule has 0 aromatic heterocycles. The zero-order chi connectivity index (χ0) is 21.7. The molecule has 3 aromatic carbocycles. The van der Waals surface area contributed by atoms with Gasteiger partial charge in [0.1, 0.15) is 0 Å². The van der Waals surface area contributed by atoms with Crippen molar-refractivity contribution in [2.45, 2.75) is 24.8 Å². The maximum atomic E-state index is 12.8. The highest BCUT2D eigenvalue weighted by Crippen LogP contribution is 2.26. The van der Waals surface area contributed by atoms with Gasteiger partial charge in [0, 0.05) is 7.05 Å². The predicted octanol–water partition coefficient (Wildman–Crippen LogP) is 3.83. The van der Waals surface area contributed by atoms with Gasteiger partial charge < -0.3 is 5.32 Å². The van der Waals surface area contributed by atoms with E-state index in [9.17, 15) is 13.2 Å². The quantitative estimate of drug-likeness (QED) is 0.629. The Hall–Kier alpha value is -2.96. The summed E-state index contributed by atoms with van der Waals surface area (Å²) in [6, 6.07) is 23.5. The Morgan fingerprint density at radius 1 is 0.933 bits per heavy atom. The van der Waals surface area contributed by atoms with Crippen molar-refractivity contribution < 1.29 is 13.2 Å². The van der Waals surface area contributed by atoms with Crippen LogP contribution in [0, 0.1) is 13.8 Å². The van der Waals surface area contributed by atoms with Gasteiger partial charge in [-0.3, -0.25) is 4.79 Å². The third kappa shape index (κ3) is 4.96. The maximum absolute atomic E-state index is 12.8. The summed E-state index contributed by atoms with van der Waals surface area (Å²) in [6.45, 7) is 3.76. The van der Waals surface area contributed by atoms with E-state index in [1.54, 1.807) is 18.2 Å². The molecular formula is C24H26N2O3S. The minimum atomic E-state index is -3.74. The molecular weight excluding hydrogens is 396 g/mol. The summed E-state index contributed by atoms with van der Waals surface area (Å²) < 4.78 is 26.5. The molecule has 1 amide bonds. The molecule has 0 aliphatic rings. The van der Waals surface area contributed by atoms with Gasteiger partial charge >= 0.3 is 0 Å². The molecule has 0 heterocycles. The summed E-state index contributed by atoms with van der Waals surface area (Å²) in [4.78, 5) is 13.0. The number of hydrogen-bond acceptors (Lipinski definition) is 3. The van der Waals surface area contributed by atoms with Crippen LogP contribution in [0.4, 0.5) is 0 Å². The van der Waals surface area contributed by atoms with Gasteiger partial charge in [-0.05, 0) is 42.7 Å². The lowest BCUT2D eigenvalue weighted by atomic mass is 9.94. The van der Waals surface area contributed by atoms with Crippen molar-refractivity contribution >= 4 is 15.9 Å². The lowest BCUT2D eigenvalue weighted by Gasteiger charge is -2.24. The van der Waals surface area contributed by atoms with Crippen LogP contribution in [0.3, 0.4) is 0 Å². The summed E-state index contributed by atoms with van der Waals surface area (Å²) in [6.07, 6.45) is 0. The van der Waals surface area contributed by atoms with Crippen molar-refractivity contribution in [1.29, 1.82) is 0 Å². The van der Waals surface area contributed by atoms with Crippen LogP contribution in [0.15, 0.2) is 83.8 Å². The van der Waals surface area contributed by atoms with E-state index in [1.807, 2.05) is 56.3 Å². The van der Waals surface area contributed by atoms with E-state index in [0.29, 0.717) is 0 Å². The zero-order valence-corrected chi connectivity index (χ0v) is 18.2. The highest BCUT2D eigenvalue weighted by atomic mass is 32.2. The molecule has 0 fully saturated rings. The first kappa shape index (κ1) is 21.7. The standard InChI is InChI=1S/C24H26N2O3S/c1-18-14-15-22(19(2)16-18)24(20-10-6-4-7-11-20)25-23(27)17-26(3)30(28,29)21-12-8-5-9-13-21/h4-16,24H,17H2,1-3H3,(H,25,27)/t24-/m0/s1. The Morgan fingerprint density at radius 3 is 2.13 bits per heavy atom. The number of rotatable bonds is 7. The summed E-state index contributed by atoms with van der Waals surface area (Å²) in [7, 11) is -2.33. The summed E-state index contributed by atoms with van der Waals surface area (Å²) in [5.74, 6) is -0.370. The number of nitrogens with zero attached hydrogens (tertiary/aromatic N) is 1. The number of benzene rings is 3. The molecule has 0 aliphatic heterocycles. The molecule has 1 N–H and O–H groups in total. The third-order valence-electron chi connectivity index (χ3n) is 4.99. The first-order valence-corrected chi connectivity index (χ1v) is 11.2. The highest BCUT2D eigenvalue weighted by molar-refractivity contribution is 7.89. The number of amides is 1. The van der Waals surface area contributed by atoms with Crippen molar-refractivity contribution in [3.63, 3.8) is 0 Å².